The third-order valence-corrected chi connectivity index (χ3v) is 4.95. The van der Waals surface area contributed by atoms with Crippen molar-refractivity contribution < 1.29 is 14.3 Å². The number of fused-ring (bicyclic) bond motifs is 1. The summed E-state index contributed by atoms with van der Waals surface area (Å²) in [6.07, 6.45) is 2.34. The summed E-state index contributed by atoms with van der Waals surface area (Å²) in [4.78, 5) is 30.2. The van der Waals surface area contributed by atoms with E-state index in [4.69, 9.17) is 4.74 Å². The van der Waals surface area contributed by atoms with Crippen molar-refractivity contribution in [2.75, 3.05) is 45.7 Å². The van der Waals surface area contributed by atoms with E-state index in [9.17, 15) is 9.59 Å². The highest BCUT2D eigenvalue weighted by Crippen LogP contribution is 2.33. The largest absolute Gasteiger partial charge is 0.497 e. The zero-order valence-electron chi connectivity index (χ0n) is 14.6. The molecule has 0 saturated carbocycles. The Labute approximate surface area is 143 Å². The van der Waals surface area contributed by atoms with Crippen molar-refractivity contribution in [1.82, 2.24) is 9.80 Å². The van der Waals surface area contributed by atoms with E-state index in [1.165, 1.54) is 5.56 Å². The van der Waals surface area contributed by atoms with Crippen LogP contribution in [0.3, 0.4) is 0 Å². The molecule has 3 rings (SSSR count). The van der Waals surface area contributed by atoms with Crippen LogP contribution in [0.5, 0.6) is 5.75 Å². The van der Waals surface area contributed by atoms with Crippen molar-refractivity contribution in [3.63, 3.8) is 0 Å². The zero-order valence-corrected chi connectivity index (χ0v) is 14.6. The fourth-order valence-electron chi connectivity index (χ4n) is 3.55. The molecule has 0 radical (unpaired) electrons. The van der Waals surface area contributed by atoms with Gasteiger partial charge in [-0.3, -0.25) is 4.79 Å². The normalized spacial score (nSPS) is 17.6. The molecule has 0 N–H and O–H groups in total. The molecular weight excluding hydrogens is 306 g/mol. The van der Waals surface area contributed by atoms with E-state index in [0.29, 0.717) is 13.1 Å². The highest BCUT2D eigenvalue weighted by Gasteiger charge is 2.33. The molecule has 0 aromatic heterocycles. The fourth-order valence-corrected chi connectivity index (χ4v) is 3.55. The number of carbonyl (C=O) groups excluding carboxylic acids is 2. The van der Waals surface area contributed by atoms with Gasteiger partial charge >= 0.3 is 6.03 Å². The van der Waals surface area contributed by atoms with Gasteiger partial charge in [-0.1, -0.05) is 0 Å². The van der Waals surface area contributed by atoms with Gasteiger partial charge in [-0.05, 0) is 43.0 Å². The first kappa shape index (κ1) is 16.6. The van der Waals surface area contributed by atoms with Crippen LogP contribution in [0.2, 0.25) is 0 Å². The van der Waals surface area contributed by atoms with E-state index in [1.807, 2.05) is 28.0 Å². The summed E-state index contributed by atoms with van der Waals surface area (Å²) in [5.74, 6) is 1.03. The number of piperidine rings is 1. The number of benzene rings is 1. The van der Waals surface area contributed by atoms with Gasteiger partial charge < -0.3 is 19.4 Å². The maximum absolute atomic E-state index is 12.9. The van der Waals surface area contributed by atoms with Gasteiger partial charge in [-0.15, -0.1) is 0 Å². The third kappa shape index (κ3) is 3.05. The summed E-state index contributed by atoms with van der Waals surface area (Å²) >= 11 is 0. The van der Waals surface area contributed by atoms with Gasteiger partial charge in [0.1, 0.15) is 5.75 Å². The average molecular weight is 331 g/mol. The number of carbonyl (C=O) groups is 2. The second-order valence-corrected chi connectivity index (χ2v) is 6.67. The topological polar surface area (TPSA) is 53.1 Å². The van der Waals surface area contributed by atoms with Crippen LogP contribution in [0.15, 0.2) is 18.2 Å². The number of urea groups is 1. The van der Waals surface area contributed by atoms with Crippen molar-refractivity contribution in [2.45, 2.75) is 19.3 Å². The van der Waals surface area contributed by atoms with Crippen LogP contribution >= 0.6 is 0 Å². The van der Waals surface area contributed by atoms with Gasteiger partial charge in [0.25, 0.3) is 0 Å². The second-order valence-electron chi connectivity index (χ2n) is 6.67. The number of rotatable bonds is 2. The molecule has 6 heteroatoms. The Morgan fingerprint density at radius 3 is 2.50 bits per heavy atom. The molecule has 0 bridgehead atoms. The second kappa shape index (κ2) is 6.71. The number of hydrogen-bond donors (Lipinski definition) is 0. The summed E-state index contributed by atoms with van der Waals surface area (Å²) in [7, 11) is 5.17. The minimum atomic E-state index is 0.00395. The van der Waals surface area contributed by atoms with E-state index < -0.39 is 0 Å². The minimum absolute atomic E-state index is 0.00395. The average Bonchev–Trinajstić information content (AvgIpc) is 3.03. The Balaban J connectivity index is 1.64. The molecule has 2 heterocycles. The van der Waals surface area contributed by atoms with Crippen LogP contribution in [-0.4, -0.2) is 62.6 Å². The first-order chi connectivity index (χ1) is 11.5. The van der Waals surface area contributed by atoms with Gasteiger partial charge in [0.2, 0.25) is 5.91 Å². The molecule has 24 heavy (non-hydrogen) atoms. The molecule has 0 atom stereocenters. The van der Waals surface area contributed by atoms with E-state index in [0.717, 1.165) is 37.2 Å². The number of nitrogens with zero attached hydrogens (tertiary/aromatic N) is 3. The van der Waals surface area contributed by atoms with Gasteiger partial charge in [0.15, 0.2) is 0 Å². The maximum Gasteiger partial charge on any atom is 0.319 e. The lowest BCUT2D eigenvalue weighted by atomic mass is 9.95. The molecule has 130 valence electrons. The van der Waals surface area contributed by atoms with Crippen LogP contribution in [0.1, 0.15) is 18.4 Å². The lowest BCUT2D eigenvalue weighted by Crippen LogP contribution is -2.47. The Morgan fingerprint density at radius 1 is 1.17 bits per heavy atom. The van der Waals surface area contributed by atoms with E-state index >= 15 is 0 Å². The fraction of sp³-hybridized carbons (Fsp3) is 0.556. The molecule has 3 amide bonds. The predicted molar refractivity (Wildman–Crippen MR) is 92.4 cm³/mol. The number of amides is 3. The number of ether oxygens (including phenoxy) is 1. The van der Waals surface area contributed by atoms with Crippen molar-refractivity contribution >= 4 is 17.6 Å². The van der Waals surface area contributed by atoms with Gasteiger partial charge in [0.05, 0.1) is 7.11 Å². The Hall–Kier alpha value is -2.24. The van der Waals surface area contributed by atoms with Gasteiger partial charge in [-0.2, -0.15) is 0 Å². The molecule has 1 fully saturated rings. The van der Waals surface area contributed by atoms with E-state index in [-0.39, 0.29) is 17.9 Å². The molecule has 1 saturated heterocycles. The molecule has 1 aromatic carbocycles. The van der Waals surface area contributed by atoms with Crippen molar-refractivity contribution in [1.29, 1.82) is 0 Å². The standard InChI is InChI=1S/C18H25N3O3/c1-19(2)18(23)20-9-6-13(7-10-20)17(22)21-11-8-14-12-15(24-3)4-5-16(14)21/h4-5,12-13H,6-11H2,1-3H3. The van der Waals surface area contributed by atoms with Crippen LogP contribution in [0.4, 0.5) is 10.5 Å². The summed E-state index contributed by atoms with van der Waals surface area (Å²) < 4.78 is 5.26. The van der Waals surface area contributed by atoms with Crippen LogP contribution in [0, 0.1) is 5.92 Å². The highest BCUT2D eigenvalue weighted by atomic mass is 16.5. The SMILES string of the molecule is COc1ccc2c(c1)CCN2C(=O)C1CCN(C(=O)N(C)C)CC1. The summed E-state index contributed by atoms with van der Waals surface area (Å²) in [6.45, 7) is 2.03. The molecule has 0 unspecified atom stereocenters. The predicted octanol–water partition coefficient (Wildman–Crippen LogP) is 1.98. The summed E-state index contributed by atoms with van der Waals surface area (Å²) in [5, 5.41) is 0. The first-order valence-corrected chi connectivity index (χ1v) is 8.45. The molecule has 2 aliphatic heterocycles. The van der Waals surface area contributed by atoms with Gasteiger partial charge in [0, 0.05) is 45.3 Å². The maximum atomic E-state index is 12.9. The van der Waals surface area contributed by atoms with E-state index in [1.54, 1.807) is 26.1 Å². The minimum Gasteiger partial charge on any atom is -0.497 e. The summed E-state index contributed by atoms with van der Waals surface area (Å²) in [6, 6.07) is 5.92. The molecular formula is C18H25N3O3. The van der Waals surface area contributed by atoms with Crippen LogP contribution in [-0.2, 0) is 11.2 Å². The van der Waals surface area contributed by atoms with Crippen molar-refractivity contribution in [2.24, 2.45) is 5.92 Å². The van der Waals surface area contributed by atoms with Crippen LogP contribution in [0.25, 0.3) is 0 Å². The van der Waals surface area contributed by atoms with E-state index in [2.05, 4.69) is 0 Å². The van der Waals surface area contributed by atoms with Crippen molar-refractivity contribution in [3.05, 3.63) is 23.8 Å². The van der Waals surface area contributed by atoms with Crippen LogP contribution < -0.4 is 9.64 Å². The Bertz CT molecular complexity index is 636. The van der Waals surface area contributed by atoms with Crippen molar-refractivity contribution in [3.8, 4) is 5.75 Å². The lowest BCUT2D eigenvalue weighted by Gasteiger charge is -2.34. The highest BCUT2D eigenvalue weighted by molar-refractivity contribution is 5.97. The zero-order chi connectivity index (χ0) is 17.3. The molecule has 1 aromatic rings. The number of methoxy groups -OCH3 is 1. The first-order valence-electron chi connectivity index (χ1n) is 8.45. The quantitative estimate of drug-likeness (QED) is 0.833. The Morgan fingerprint density at radius 2 is 1.88 bits per heavy atom. The number of likely N-dealkylation sites (tertiary alicyclic amines) is 1. The third-order valence-electron chi connectivity index (χ3n) is 4.95. The molecule has 0 spiro atoms. The molecule has 0 aliphatic carbocycles. The molecule has 6 nitrogen and oxygen atoms in total. The monoisotopic (exact) mass is 331 g/mol. The number of anilines is 1. The Kier molecular flexibility index (Phi) is 4.64. The molecule has 2 aliphatic rings. The lowest BCUT2D eigenvalue weighted by molar-refractivity contribution is -0.123. The van der Waals surface area contributed by atoms with Gasteiger partial charge in [-0.25, -0.2) is 4.79 Å². The summed E-state index contributed by atoms with van der Waals surface area (Å²) in [5.41, 5.74) is 2.18. The number of hydrogen-bond acceptors (Lipinski definition) is 3. The smallest absolute Gasteiger partial charge is 0.319 e.